The van der Waals surface area contributed by atoms with Crippen molar-refractivity contribution in [2.45, 2.75) is 18.2 Å². The van der Waals surface area contributed by atoms with Gasteiger partial charge in [-0.05, 0) is 24.6 Å². The summed E-state index contributed by atoms with van der Waals surface area (Å²) in [6, 6.07) is 4.53. The van der Waals surface area contributed by atoms with Crippen molar-refractivity contribution in [1.29, 1.82) is 0 Å². The van der Waals surface area contributed by atoms with E-state index in [2.05, 4.69) is 10.4 Å². The Labute approximate surface area is 117 Å². The fraction of sp³-hybridized carbons (Fsp3) is 0.250. The molecule has 108 valence electrons. The Balaban J connectivity index is 2.48. The molecule has 0 atom stereocenters. The molecular weight excluding hydrogens is 278 g/mol. The van der Waals surface area contributed by atoms with Crippen LogP contribution in [0.4, 0.5) is 17.1 Å². The maximum atomic E-state index is 11.6. The normalized spacial score (nSPS) is 11.6. The van der Waals surface area contributed by atoms with Gasteiger partial charge in [0, 0.05) is 18.9 Å². The highest BCUT2D eigenvalue weighted by molar-refractivity contribution is 7.89. The van der Waals surface area contributed by atoms with Crippen molar-refractivity contribution < 1.29 is 8.42 Å². The number of sulfonamides is 1. The molecule has 1 heterocycles. The summed E-state index contributed by atoms with van der Waals surface area (Å²) in [6.07, 6.45) is 2.50. The van der Waals surface area contributed by atoms with E-state index in [1.165, 1.54) is 6.07 Å². The Bertz CT molecular complexity index is 736. The van der Waals surface area contributed by atoms with E-state index in [9.17, 15) is 8.42 Å². The van der Waals surface area contributed by atoms with Gasteiger partial charge in [0.25, 0.3) is 0 Å². The fourth-order valence-electron chi connectivity index (χ4n) is 1.92. The number of hydrogen-bond acceptors (Lipinski definition) is 5. The van der Waals surface area contributed by atoms with Crippen LogP contribution in [-0.2, 0) is 23.5 Å². The number of benzene rings is 1. The van der Waals surface area contributed by atoms with Crippen LogP contribution in [0, 0.1) is 0 Å². The highest BCUT2D eigenvalue weighted by Gasteiger charge is 2.16. The number of hydrogen-bond donors (Lipinski definition) is 3. The number of nitrogens with two attached hydrogens (primary N) is 2. The predicted molar refractivity (Wildman–Crippen MR) is 78.1 cm³/mol. The summed E-state index contributed by atoms with van der Waals surface area (Å²) in [7, 11) is -2.06. The van der Waals surface area contributed by atoms with Gasteiger partial charge in [0.15, 0.2) is 0 Å². The molecule has 8 heteroatoms. The summed E-state index contributed by atoms with van der Waals surface area (Å²) in [5.41, 5.74) is 7.91. The van der Waals surface area contributed by atoms with Crippen molar-refractivity contribution in [2.24, 2.45) is 12.2 Å². The minimum absolute atomic E-state index is 0.0385. The molecule has 0 saturated heterocycles. The number of primary sulfonamides is 1. The average molecular weight is 295 g/mol. The molecule has 0 amide bonds. The maximum Gasteiger partial charge on any atom is 0.240 e. The molecule has 0 aliphatic heterocycles. The largest absolute Gasteiger partial charge is 0.399 e. The number of nitrogen functional groups attached to an aromatic ring is 1. The standard InChI is InChI=1S/C12H17N5O2S/c1-3-9-11(7-17(2)16-9)15-10-5-4-8(13)6-12(10)20(14,18)19/h4-7,15H,3,13H2,1-2H3,(H2,14,18,19). The van der Waals surface area contributed by atoms with Crippen LogP contribution in [0.5, 0.6) is 0 Å². The van der Waals surface area contributed by atoms with Crippen molar-refractivity contribution >= 4 is 27.1 Å². The van der Waals surface area contributed by atoms with E-state index in [1.807, 2.05) is 6.92 Å². The van der Waals surface area contributed by atoms with Gasteiger partial charge in [0.05, 0.1) is 17.1 Å². The molecule has 0 spiro atoms. The van der Waals surface area contributed by atoms with E-state index in [1.54, 1.807) is 30.1 Å². The number of rotatable bonds is 4. The molecule has 20 heavy (non-hydrogen) atoms. The molecule has 0 fully saturated rings. The lowest BCUT2D eigenvalue weighted by Crippen LogP contribution is -2.14. The van der Waals surface area contributed by atoms with E-state index in [4.69, 9.17) is 10.9 Å². The van der Waals surface area contributed by atoms with Crippen molar-refractivity contribution in [3.05, 3.63) is 30.1 Å². The number of nitrogens with zero attached hydrogens (tertiary/aromatic N) is 2. The molecule has 1 aromatic heterocycles. The minimum atomic E-state index is -3.86. The zero-order valence-corrected chi connectivity index (χ0v) is 12.1. The molecule has 5 N–H and O–H groups in total. The first-order valence-electron chi connectivity index (χ1n) is 6.03. The molecule has 0 unspecified atom stereocenters. The van der Waals surface area contributed by atoms with Crippen LogP contribution in [-0.4, -0.2) is 18.2 Å². The summed E-state index contributed by atoms with van der Waals surface area (Å²) in [5.74, 6) is 0. The average Bonchev–Trinajstić information content (AvgIpc) is 2.70. The molecule has 0 aliphatic carbocycles. The highest BCUT2D eigenvalue weighted by Crippen LogP contribution is 2.27. The van der Waals surface area contributed by atoms with Crippen LogP contribution in [0.3, 0.4) is 0 Å². The second kappa shape index (κ2) is 5.14. The first-order chi connectivity index (χ1) is 9.31. The predicted octanol–water partition coefficient (Wildman–Crippen LogP) is 0.956. The summed E-state index contributed by atoms with van der Waals surface area (Å²) >= 11 is 0. The Morgan fingerprint density at radius 3 is 2.65 bits per heavy atom. The van der Waals surface area contributed by atoms with Crippen LogP contribution in [0.15, 0.2) is 29.3 Å². The van der Waals surface area contributed by atoms with Crippen LogP contribution < -0.4 is 16.2 Å². The summed E-state index contributed by atoms with van der Waals surface area (Å²) in [6.45, 7) is 1.97. The second-order valence-corrected chi connectivity index (χ2v) is 5.97. The molecule has 1 aromatic carbocycles. The third-order valence-electron chi connectivity index (χ3n) is 2.82. The van der Waals surface area contributed by atoms with E-state index in [-0.39, 0.29) is 4.90 Å². The van der Waals surface area contributed by atoms with Gasteiger partial charge in [0.1, 0.15) is 4.90 Å². The molecule has 0 bridgehead atoms. The third kappa shape index (κ3) is 2.91. The maximum absolute atomic E-state index is 11.6. The minimum Gasteiger partial charge on any atom is -0.399 e. The van der Waals surface area contributed by atoms with Gasteiger partial charge in [-0.15, -0.1) is 0 Å². The lowest BCUT2D eigenvalue weighted by atomic mass is 10.2. The summed E-state index contributed by atoms with van der Waals surface area (Å²) in [4.78, 5) is -0.0385. The number of nitrogens with one attached hydrogen (secondary N) is 1. The van der Waals surface area contributed by atoms with Crippen molar-refractivity contribution in [3.63, 3.8) is 0 Å². The van der Waals surface area contributed by atoms with Gasteiger partial charge < -0.3 is 11.1 Å². The van der Waals surface area contributed by atoms with Crippen LogP contribution in [0.25, 0.3) is 0 Å². The van der Waals surface area contributed by atoms with Crippen LogP contribution >= 0.6 is 0 Å². The Morgan fingerprint density at radius 1 is 1.35 bits per heavy atom. The first kappa shape index (κ1) is 14.4. The van der Waals surface area contributed by atoms with E-state index in [0.717, 1.165) is 17.8 Å². The molecular formula is C12H17N5O2S. The van der Waals surface area contributed by atoms with Gasteiger partial charge in [-0.3, -0.25) is 4.68 Å². The lowest BCUT2D eigenvalue weighted by molar-refractivity contribution is 0.598. The van der Waals surface area contributed by atoms with Crippen molar-refractivity contribution in [2.75, 3.05) is 11.1 Å². The second-order valence-electron chi connectivity index (χ2n) is 4.44. The molecule has 0 saturated carbocycles. The Morgan fingerprint density at radius 2 is 2.05 bits per heavy atom. The number of anilines is 3. The Kier molecular flexibility index (Phi) is 3.69. The number of aromatic nitrogens is 2. The van der Waals surface area contributed by atoms with Gasteiger partial charge in [-0.2, -0.15) is 5.10 Å². The van der Waals surface area contributed by atoms with E-state index < -0.39 is 10.0 Å². The van der Waals surface area contributed by atoms with Crippen molar-refractivity contribution in [3.8, 4) is 0 Å². The van der Waals surface area contributed by atoms with Gasteiger partial charge in [0.2, 0.25) is 10.0 Å². The number of aryl methyl sites for hydroxylation is 2. The van der Waals surface area contributed by atoms with E-state index in [0.29, 0.717) is 11.4 Å². The van der Waals surface area contributed by atoms with Gasteiger partial charge >= 0.3 is 0 Å². The third-order valence-corrected chi connectivity index (χ3v) is 3.77. The summed E-state index contributed by atoms with van der Waals surface area (Å²) < 4.78 is 24.9. The monoisotopic (exact) mass is 295 g/mol. The van der Waals surface area contributed by atoms with Crippen LogP contribution in [0.2, 0.25) is 0 Å². The van der Waals surface area contributed by atoms with Gasteiger partial charge in [-0.25, -0.2) is 13.6 Å². The van der Waals surface area contributed by atoms with Crippen molar-refractivity contribution in [1.82, 2.24) is 9.78 Å². The van der Waals surface area contributed by atoms with E-state index >= 15 is 0 Å². The molecule has 7 nitrogen and oxygen atoms in total. The van der Waals surface area contributed by atoms with Crippen LogP contribution in [0.1, 0.15) is 12.6 Å². The molecule has 0 radical (unpaired) electrons. The zero-order valence-electron chi connectivity index (χ0n) is 11.3. The summed E-state index contributed by atoms with van der Waals surface area (Å²) in [5, 5.41) is 12.5. The quantitative estimate of drug-likeness (QED) is 0.726. The first-order valence-corrected chi connectivity index (χ1v) is 7.57. The van der Waals surface area contributed by atoms with Gasteiger partial charge in [-0.1, -0.05) is 6.92 Å². The highest BCUT2D eigenvalue weighted by atomic mass is 32.2. The SMILES string of the molecule is CCc1nn(C)cc1Nc1ccc(N)cc1S(N)(=O)=O. The molecule has 2 rings (SSSR count). The molecule has 0 aliphatic rings. The smallest absolute Gasteiger partial charge is 0.240 e. The Hall–Kier alpha value is -2.06. The zero-order chi connectivity index (χ0) is 14.9. The fourth-order valence-corrected chi connectivity index (χ4v) is 2.65. The topological polar surface area (TPSA) is 116 Å². The lowest BCUT2D eigenvalue weighted by Gasteiger charge is -2.11. The molecule has 2 aromatic rings.